The minimum Gasteiger partial charge on any atom is -0.481 e. The van der Waals surface area contributed by atoms with Gasteiger partial charge >= 0.3 is 6.09 Å². The topological polar surface area (TPSA) is 106 Å². The molecule has 0 unspecified atom stereocenters. The molecule has 0 aliphatic carbocycles. The molecule has 2 aliphatic heterocycles. The third-order valence-electron chi connectivity index (χ3n) is 3.07. The highest BCUT2D eigenvalue weighted by Gasteiger charge is 2.53. The summed E-state index contributed by atoms with van der Waals surface area (Å²) in [6, 6.07) is -0.388. The quantitative estimate of drug-likeness (QED) is 0.762. The van der Waals surface area contributed by atoms with Crippen molar-refractivity contribution >= 4 is 12.1 Å². The van der Waals surface area contributed by atoms with Gasteiger partial charge in [-0.2, -0.15) is 0 Å². The molecule has 2 aliphatic rings. The Hall–Kier alpha value is -1.38. The maximum absolute atomic E-state index is 11.7. The van der Waals surface area contributed by atoms with Crippen LogP contribution < -0.4 is 0 Å². The lowest BCUT2D eigenvalue weighted by atomic mass is 10.1. The highest BCUT2D eigenvalue weighted by atomic mass is 16.8. The molecule has 0 aromatic carbocycles. The number of likely N-dealkylation sites (tertiary alicyclic amines) is 1. The standard InChI is InChI=1S/C11H19NO5.C2H4O2/c1-4-15-10(14)12-5-8-9(7(12)6-13)17-11(2,3)16-8;1-2(3)4/h7-9,13H,4-6H2,1-3H3;1H3,(H,3,4)/t7-,8-,9+;/m1./s1. The van der Waals surface area contributed by atoms with Gasteiger partial charge in [0.05, 0.1) is 25.8 Å². The maximum Gasteiger partial charge on any atom is 0.410 e. The molecule has 0 bridgehead atoms. The van der Waals surface area contributed by atoms with Crippen molar-refractivity contribution in [3.63, 3.8) is 0 Å². The molecule has 21 heavy (non-hydrogen) atoms. The van der Waals surface area contributed by atoms with Gasteiger partial charge in [-0.1, -0.05) is 0 Å². The summed E-state index contributed by atoms with van der Waals surface area (Å²) in [6.07, 6.45) is -0.892. The number of hydrogen-bond donors (Lipinski definition) is 2. The van der Waals surface area contributed by atoms with Crippen molar-refractivity contribution < 1.29 is 34.0 Å². The fourth-order valence-electron chi connectivity index (χ4n) is 2.46. The van der Waals surface area contributed by atoms with Crippen molar-refractivity contribution in [2.75, 3.05) is 19.8 Å². The molecular weight excluding hydrogens is 282 g/mol. The molecule has 0 aromatic heterocycles. The first-order valence-electron chi connectivity index (χ1n) is 6.81. The number of carbonyl (C=O) groups is 2. The van der Waals surface area contributed by atoms with E-state index in [2.05, 4.69) is 0 Å². The summed E-state index contributed by atoms with van der Waals surface area (Å²) in [7, 11) is 0. The molecule has 8 nitrogen and oxygen atoms in total. The van der Waals surface area contributed by atoms with Crippen LogP contribution in [-0.4, -0.2) is 71.0 Å². The van der Waals surface area contributed by atoms with E-state index in [9.17, 15) is 9.90 Å². The van der Waals surface area contributed by atoms with Gasteiger partial charge < -0.3 is 24.4 Å². The van der Waals surface area contributed by atoms with Gasteiger partial charge in [-0.25, -0.2) is 4.79 Å². The van der Waals surface area contributed by atoms with E-state index in [1.807, 2.05) is 13.8 Å². The number of carboxylic acid groups (broad SMARTS) is 1. The fourth-order valence-corrected chi connectivity index (χ4v) is 2.46. The Morgan fingerprint density at radius 3 is 2.43 bits per heavy atom. The van der Waals surface area contributed by atoms with Crippen LogP contribution in [0.3, 0.4) is 0 Å². The zero-order chi connectivity index (χ0) is 16.2. The highest BCUT2D eigenvalue weighted by molar-refractivity contribution is 5.68. The zero-order valence-corrected chi connectivity index (χ0v) is 12.7. The summed E-state index contributed by atoms with van der Waals surface area (Å²) in [4.78, 5) is 22.2. The molecule has 3 atom stereocenters. The number of fused-ring (bicyclic) bond motifs is 1. The van der Waals surface area contributed by atoms with Crippen LogP contribution in [0.1, 0.15) is 27.7 Å². The number of ether oxygens (including phenoxy) is 3. The van der Waals surface area contributed by atoms with E-state index >= 15 is 0 Å². The van der Waals surface area contributed by atoms with Gasteiger partial charge in [-0.15, -0.1) is 0 Å². The van der Waals surface area contributed by atoms with E-state index in [1.54, 1.807) is 6.92 Å². The smallest absolute Gasteiger partial charge is 0.410 e. The van der Waals surface area contributed by atoms with Gasteiger partial charge in [-0.3, -0.25) is 9.69 Å². The molecule has 0 saturated carbocycles. The van der Waals surface area contributed by atoms with Crippen molar-refractivity contribution in [1.29, 1.82) is 0 Å². The number of nitrogens with zero attached hydrogens (tertiary/aromatic N) is 1. The molecule has 8 heteroatoms. The third-order valence-corrected chi connectivity index (χ3v) is 3.07. The monoisotopic (exact) mass is 305 g/mol. The van der Waals surface area contributed by atoms with Gasteiger partial charge in [0.1, 0.15) is 12.2 Å². The van der Waals surface area contributed by atoms with Crippen LogP contribution in [-0.2, 0) is 19.0 Å². The average molecular weight is 305 g/mol. The summed E-state index contributed by atoms with van der Waals surface area (Å²) in [6.45, 7) is 7.05. The summed E-state index contributed by atoms with van der Waals surface area (Å²) >= 11 is 0. The number of amides is 1. The highest BCUT2D eigenvalue weighted by Crippen LogP contribution is 2.36. The van der Waals surface area contributed by atoms with E-state index < -0.39 is 17.8 Å². The lowest BCUT2D eigenvalue weighted by Gasteiger charge is -2.27. The number of aliphatic carboxylic acids is 1. The number of aliphatic hydroxyl groups excluding tert-OH is 1. The Kier molecular flexibility index (Phi) is 5.94. The Morgan fingerprint density at radius 2 is 1.95 bits per heavy atom. The molecule has 2 N–H and O–H groups in total. The lowest BCUT2D eigenvalue weighted by Crippen LogP contribution is -2.44. The van der Waals surface area contributed by atoms with Crippen LogP contribution >= 0.6 is 0 Å². The van der Waals surface area contributed by atoms with Crippen molar-refractivity contribution in [1.82, 2.24) is 4.90 Å². The number of rotatable bonds is 2. The van der Waals surface area contributed by atoms with Gasteiger partial charge in [0.2, 0.25) is 0 Å². The number of hydrogen-bond acceptors (Lipinski definition) is 6. The van der Waals surface area contributed by atoms with Crippen molar-refractivity contribution in [2.24, 2.45) is 0 Å². The van der Waals surface area contributed by atoms with Crippen LogP contribution in [0.4, 0.5) is 4.79 Å². The van der Waals surface area contributed by atoms with Crippen LogP contribution in [0, 0.1) is 0 Å². The molecule has 0 spiro atoms. The predicted octanol–water partition coefficient (Wildman–Crippen LogP) is 0.430. The van der Waals surface area contributed by atoms with Crippen LogP contribution in [0.5, 0.6) is 0 Å². The first kappa shape index (κ1) is 17.7. The summed E-state index contributed by atoms with van der Waals surface area (Å²) in [5, 5.41) is 16.8. The first-order valence-corrected chi connectivity index (χ1v) is 6.81. The Bertz CT molecular complexity index is 381. The number of carbonyl (C=O) groups excluding carboxylic acids is 1. The van der Waals surface area contributed by atoms with Gasteiger partial charge in [0.15, 0.2) is 5.79 Å². The minimum atomic E-state index is -0.833. The van der Waals surface area contributed by atoms with E-state index in [-0.39, 0.29) is 24.9 Å². The van der Waals surface area contributed by atoms with E-state index in [0.29, 0.717) is 13.2 Å². The molecule has 2 saturated heterocycles. The molecular formula is C13H23NO7. The SMILES string of the molecule is CC(=O)O.CCOC(=O)N1C[C@H]2OC(C)(C)O[C@H]2[C@H]1CO. The first-order chi connectivity index (χ1) is 9.71. The second-order valence-corrected chi connectivity index (χ2v) is 5.26. The van der Waals surface area contributed by atoms with Crippen molar-refractivity contribution in [3.8, 4) is 0 Å². The normalized spacial score (nSPS) is 29.4. The molecule has 2 fully saturated rings. The minimum absolute atomic E-state index is 0.153. The Morgan fingerprint density at radius 1 is 1.38 bits per heavy atom. The van der Waals surface area contributed by atoms with Crippen LogP contribution in [0.25, 0.3) is 0 Å². The predicted molar refractivity (Wildman–Crippen MR) is 71.7 cm³/mol. The maximum atomic E-state index is 11.7. The molecule has 122 valence electrons. The van der Waals surface area contributed by atoms with E-state index in [1.165, 1.54) is 4.90 Å². The van der Waals surface area contributed by atoms with Gasteiger partial charge in [0, 0.05) is 6.92 Å². The second kappa shape index (κ2) is 7.06. The summed E-state index contributed by atoms with van der Waals surface area (Å²) < 4.78 is 16.3. The molecule has 0 aromatic rings. The fraction of sp³-hybridized carbons (Fsp3) is 0.846. The van der Waals surface area contributed by atoms with Crippen molar-refractivity contribution in [2.45, 2.75) is 51.7 Å². The summed E-state index contributed by atoms with van der Waals surface area (Å²) in [5.74, 6) is -1.48. The largest absolute Gasteiger partial charge is 0.481 e. The molecule has 1 amide bonds. The van der Waals surface area contributed by atoms with Crippen LogP contribution in [0.2, 0.25) is 0 Å². The van der Waals surface area contributed by atoms with E-state index in [0.717, 1.165) is 6.92 Å². The third kappa shape index (κ3) is 4.55. The second-order valence-electron chi connectivity index (χ2n) is 5.26. The lowest BCUT2D eigenvalue weighted by molar-refractivity contribution is -0.161. The number of carboxylic acids is 1. The van der Waals surface area contributed by atoms with Crippen molar-refractivity contribution in [3.05, 3.63) is 0 Å². The van der Waals surface area contributed by atoms with Gasteiger partial charge in [-0.05, 0) is 20.8 Å². The Balaban J connectivity index is 0.000000491. The molecule has 2 rings (SSSR count). The summed E-state index contributed by atoms with van der Waals surface area (Å²) in [5.41, 5.74) is 0. The van der Waals surface area contributed by atoms with Gasteiger partial charge in [0.25, 0.3) is 5.97 Å². The van der Waals surface area contributed by atoms with E-state index in [4.69, 9.17) is 24.1 Å². The van der Waals surface area contributed by atoms with Crippen LogP contribution in [0.15, 0.2) is 0 Å². The zero-order valence-electron chi connectivity index (χ0n) is 12.7. The number of aliphatic hydroxyl groups is 1. The average Bonchev–Trinajstić information content (AvgIpc) is 2.79. The Labute approximate surface area is 123 Å². The molecule has 2 heterocycles. The molecule has 0 radical (unpaired) electrons.